The highest BCUT2D eigenvalue weighted by molar-refractivity contribution is 5.26. The van der Waals surface area contributed by atoms with Crippen LogP contribution in [0.4, 0.5) is 0 Å². The number of benzene rings is 1. The third-order valence-electron chi connectivity index (χ3n) is 3.52. The molecule has 0 bridgehead atoms. The lowest BCUT2D eigenvalue weighted by Crippen LogP contribution is -2.33. The molecule has 2 heteroatoms. The predicted octanol–water partition coefficient (Wildman–Crippen LogP) is 2.71. The van der Waals surface area contributed by atoms with E-state index in [1.807, 2.05) is 19.1 Å². The fourth-order valence-electron chi connectivity index (χ4n) is 2.36. The molecule has 1 aromatic rings. The lowest BCUT2D eigenvalue weighted by molar-refractivity contribution is -0.0440. The van der Waals surface area contributed by atoms with E-state index < -0.39 is 0 Å². The van der Waals surface area contributed by atoms with Crippen LogP contribution in [-0.2, 0) is 11.2 Å². The fourth-order valence-corrected chi connectivity index (χ4v) is 2.36. The smallest absolute Gasteiger partial charge is 0.0865 e. The molecular weight excluding hydrogens is 212 g/mol. The molecule has 1 aromatic carbocycles. The predicted molar refractivity (Wildman–Crippen MR) is 69.0 cm³/mol. The molecule has 0 aromatic heterocycles. The average molecular weight is 234 g/mol. The van der Waals surface area contributed by atoms with Crippen molar-refractivity contribution in [1.82, 2.24) is 0 Å². The first-order valence-corrected chi connectivity index (χ1v) is 6.56. The Bertz CT molecular complexity index is 358. The molecule has 0 amide bonds. The van der Waals surface area contributed by atoms with Gasteiger partial charge >= 0.3 is 0 Å². The first-order valence-electron chi connectivity index (χ1n) is 6.56. The molecule has 0 radical (unpaired) electrons. The molecule has 0 heterocycles. The highest BCUT2D eigenvalue weighted by Gasteiger charge is 2.36. The Morgan fingerprint density at radius 3 is 2.65 bits per heavy atom. The standard InChI is InChI=1S/C15H22O2/c1-3-17-15(12-8-9-12)14(16)10-13-7-5-4-6-11(13)2/h4-7,12,14-16H,3,8-10H2,1-2H3. The van der Waals surface area contributed by atoms with Crippen molar-refractivity contribution in [2.24, 2.45) is 5.92 Å². The first-order chi connectivity index (χ1) is 8.22. The normalized spacial score (nSPS) is 19.0. The molecule has 1 N–H and O–H groups in total. The van der Waals surface area contributed by atoms with Gasteiger partial charge in [0.2, 0.25) is 0 Å². The Balaban J connectivity index is 1.99. The highest BCUT2D eigenvalue weighted by Crippen LogP contribution is 2.36. The molecule has 2 unspecified atom stereocenters. The molecule has 17 heavy (non-hydrogen) atoms. The van der Waals surface area contributed by atoms with E-state index in [-0.39, 0.29) is 12.2 Å². The Kier molecular flexibility index (Phi) is 4.19. The molecular formula is C15H22O2. The van der Waals surface area contributed by atoms with Crippen molar-refractivity contribution < 1.29 is 9.84 Å². The first kappa shape index (κ1) is 12.6. The van der Waals surface area contributed by atoms with E-state index in [4.69, 9.17) is 4.74 Å². The van der Waals surface area contributed by atoms with Crippen molar-refractivity contribution >= 4 is 0 Å². The SMILES string of the molecule is CCOC(C(O)Cc1ccccc1C)C1CC1. The van der Waals surface area contributed by atoms with Gasteiger partial charge in [0.1, 0.15) is 0 Å². The van der Waals surface area contributed by atoms with Gasteiger partial charge in [-0.25, -0.2) is 0 Å². The van der Waals surface area contributed by atoms with E-state index >= 15 is 0 Å². The Morgan fingerprint density at radius 1 is 1.35 bits per heavy atom. The van der Waals surface area contributed by atoms with E-state index in [0.717, 1.165) is 0 Å². The molecule has 2 atom stereocenters. The van der Waals surface area contributed by atoms with Crippen LogP contribution in [0.3, 0.4) is 0 Å². The van der Waals surface area contributed by atoms with Gasteiger partial charge in [0, 0.05) is 13.0 Å². The summed E-state index contributed by atoms with van der Waals surface area (Å²) in [4.78, 5) is 0. The quantitative estimate of drug-likeness (QED) is 0.820. The maximum atomic E-state index is 10.3. The number of hydrogen-bond donors (Lipinski definition) is 1. The van der Waals surface area contributed by atoms with Crippen molar-refractivity contribution in [3.63, 3.8) is 0 Å². The van der Waals surface area contributed by atoms with Gasteiger partial charge in [-0.15, -0.1) is 0 Å². The van der Waals surface area contributed by atoms with E-state index in [0.29, 0.717) is 18.9 Å². The van der Waals surface area contributed by atoms with Crippen LogP contribution in [0.5, 0.6) is 0 Å². The molecule has 1 aliphatic rings. The zero-order valence-electron chi connectivity index (χ0n) is 10.7. The maximum absolute atomic E-state index is 10.3. The topological polar surface area (TPSA) is 29.5 Å². The monoisotopic (exact) mass is 234 g/mol. The summed E-state index contributed by atoms with van der Waals surface area (Å²) in [5.41, 5.74) is 2.47. The van der Waals surface area contributed by atoms with E-state index in [2.05, 4.69) is 19.1 Å². The third kappa shape index (κ3) is 3.30. The zero-order valence-corrected chi connectivity index (χ0v) is 10.7. The molecule has 0 aliphatic heterocycles. The molecule has 0 spiro atoms. The van der Waals surface area contributed by atoms with Crippen LogP contribution in [-0.4, -0.2) is 23.9 Å². The van der Waals surface area contributed by atoms with Crippen LogP contribution in [0, 0.1) is 12.8 Å². The van der Waals surface area contributed by atoms with Gasteiger partial charge in [-0.2, -0.15) is 0 Å². The summed E-state index contributed by atoms with van der Waals surface area (Å²) >= 11 is 0. The molecule has 1 saturated carbocycles. The summed E-state index contributed by atoms with van der Waals surface area (Å²) in [5, 5.41) is 10.3. The summed E-state index contributed by atoms with van der Waals surface area (Å²) in [7, 11) is 0. The highest BCUT2D eigenvalue weighted by atomic mass is 16.5. The molecule has 94 valence electrons. The molecule has 2 rings (SSSR count). The van der Waals surface area contributed by atoms with E-state index in [1.165, 1.54) is 24.0 Å². The summed E-state index contributed by atoms with van der Waals surface area (Å²) in [5.74, 6) is 0.578. The number of aliphatic hydroxyl groups excluding tert-OH is 1. The van der Waals surface area contributed by atoms with Crippen molar-refractivity contribution in [2.75, 3.05) is 6.61 Å². The van der Waals surface area contributed by atoms with Gasteiger partial charge in [-0.05, 0) is 43.7 Å². The number of aryl methyl sites for hydroxylation is 1. The third-order valence-corrected chi connectivity index (χ3v) is 3.52. The second-order valence-electron chi connectivity index (χ2n) is 4.96. The van der Waals surface area contributed by atoms with Crippen LogP contribution in [0.1, 0.15) is 30.9 Å². The van der Waals surface area contributed by atoms with E-state index in [1.54, 1.807) is 0 Å². The lowest BCUT2D eigenvalue weighted by atomic mass is 9.98. The Morgan fingerprint density at radius 2 is 2.06 bits per heavy atom. The Hall–Kier alpha value is -0.860. The summed E-state index contributed by atoms with van der Waals surface area (Å²) in [6.45, 7) is 4.77. The van der Waals surface area contributed by atoms with Gasteiger partial charge in [0.15, 0.2) is 0 Å². The minimum absolute atomic E-state index is 0.0274. The van der Waals surface area contributed by atoms with Crippen LogP contribution in [0.15, 0.2) is 24.3 Å². The van der Waals surface area contributed by atoms with Crippen LogP contribution < -0.4 is 0 Å². The van der Waals surface area contributed by atoms with Crippen molar-refractivity contribution in [1.29, 1.82) is 0 Å². The summed E-state index contributed by atoms with van der Waals surface area (Å²) in [6.07, 6.45) is 2.77. The van der Waals surface area contributed by atoms with Crippen LogP contribution in [0.25, 0.3) is 0 Å². The molecule has 0 saturated heterocycles. The summed E-state index contributed by atoms with van der Waals surface area (Å²) < 4.78 is 5.69. The van der Waals surface area contributed by atoms with Gasteiger partial charge in [0.25, 0.3) is 0 Å². The van der Waals surface area contributed by atoms with Crippen molar-refractivity contribution in [3.05, 3.63) is 35.4 Å². The Labute approximate surface area is 104 Å². The zero-order chi connectivity index (χ0) is 12.3. The minimum Gasteiger partial charge on any atom is -0.390 e. The number of ether oxygens (including phenoxy) is 1. The summed E-state index contributed by atoms with van der Waals surface area (Å²) in [6, 6.07) is 8.25. The van der Waals surface area contributed by atoms with Crippen molar-refractivity contribution in [2.45, 2.75) is 45.3 Å². The van der Waals surface area contributed by atoms with Gasteiger partial charge in [-0.1, -0.05) is 24.3 Å². The number of aliphatic hydroxyl groups is 1. The van der Waals surface area contributed by atoms with Crippen LogP contribution in [0.2, 0.25) is 0 Å². The lowest BCUT2D eigenvalue weighted by Gasteiger charge is -2.23. The maximum Gasteiger partial charge on any atom is 0.0865 e. The minimum atomic E-state index is -0.372. The van der Waals surface area contributed by atoms with Gasteiger partial charge in [-0.3, -0.25) is 0 Å². The van der Waals surface area contributed by atoms with Gasteiger partial charge in [0.05, 0.1) is 12.2 Å². The number of hydrogen-bond acceptors (Lipinski definition) is 2. The molecule has 2 nitrogen and oxygen atoms in total. The molecule has 1 fully saturated rings. The van der Waals surface area contributed by atoms with Crippen molar-refractivity contribution in [3.8, 4) is 0 Å². The second kappa shape index (κ2) is 5.65. The average Bonchev–Trinajstić information content (AvgIpc) is 3.13. The van der Waals surface area contributed by atoms with E-state index in [9.17, 15) is 5.11 Å². The largest absolute Gasteiger partial charge is 0.390 e. The molecule has 1 aliphatic carbocycles. The second-order valence-corrected chi connectivity index (χ2v) is 4.96. The fraction of sp³-hybridized carbons (Fsp3) is 0.600. The van der Waals surface area contributed by atoms with Gasteiger partial charge < -0.3 is 9.84 Å². The number of rotatable bonds is 6. The van der Waals surface area contributed by atoms with Crippen LogP contribution >= 0.6 is 0 Å².